The highest BCUT2D eigenvalue weighted by Crippen LogP contribution is 2.22. The summed E-state index contributed by atoms with van der Waals surface area (Å²) in [5.41, 5.74) is 0.916. The Morgan fingerprint density at radius 1 is 0.964 bits per heavy atom. The van der Waals surface area contributed by atoms with E-state index in [4.69, 9.17) is 0 Å². The van der Waals surface area contributed by atoms with Gasteiger partial charge in [0.1, 0.15) is 5.01 Å². The molecule has 6 nitrogen and oxygen atoms in total. The zero-order valence-electron chi connectivity index (χ0n) is 15.1. The third kappa shape index (κ3) is 3.84. The minimum atomic E-state index is -3.51. The molecule has 0 bridgehead atoms. The molecule has 8 heteroatoms. The first kappa shape index (κ1) is 18.8. The minimum Gasteiger partial charge on any atom is -0.337 e. The SMILES string of the molecule is O=C(/C=C/c1nc2ccccc2s1)N1CCN(S(=O)(=O)c2ccccc2)CC1. The van der Waals surface area contributed by atoms with Crippen molar-refractivity contribution in [1.29, 1.82) is 0 Å². The lowest BCUT2D eigenvalue weighted by Gasteiger charge is -2.33. The van der Waals surface area contributed by atoms with Crippen molar-refractivity contribution in [2.45, 2.75) is 4.90 Å². The maximum atomic E-state index is 12.7. The normalized spacial score (nSPS) is 16.1. The van der Waals surface area contributed by atoms with Gasteiger partial charge < -0.3 is 4.90 Å². The Morgan fingerprint density at radius 2 is 1.64 bits per heavy atom. The summed E-state index contributed by atoms with van der Waals surface area (Å²) >= 11 is 1.53. The van der Waals surface area contributed by atoms with Crippen molar-refractivity contribution in [1.82, 2.24) is 14.2 Å². The fourth-order valence-electron chi connectivity index (χ4n) is 3.10. The average molecular weight is 414 g/mol. The third-order valence-electron chi connectivity index (χ3n) is 4.61. The smallest absolute Gasteiger partial charge is 0.246 e. The number of sulfonamides is 1. The van der Waals surface area contributed by atoms with Gasteiger partial charge in [0, 0.05) is 32.3 Å². The fourth-order valence-corrected chi connectivity index (χ4v) is 5.41. The molecule has 0 aliphatic carbocycles. The van der Waals surface area contributed by atoms with Crippen LogP contribution in [0.25, 0.3) is 16.3 Å². The summed E-state index contributed by atoms with van der Waals surface area (Å²) in [4.78, 5) is 18.9. The van der Waals surface area contributed by atoms with Gasteiger partial charge in [-0.3, -0.25) is 4.79 Å². The van der Waals surface area contributed by atoms with Gasteiger partial charge in [0.15, 0.2) is 0 Å². The molecular formula is C20H19N3O3S2. The molecule has 1 saturated heterocycles. The van der Waals surface area contributed by atoms with Crippen LogP contribution >= 0.6 is 11.3 Å². The first-order valence-electron chi connectivity index (χ1n) is 8.92. The van der Waals surface area contributed by atoms with Gasteiger partial charge in [-0.1, -0.05) is 30.3 Å². The summed E-state index contributed by atoms with van der Waals surface area (Å²) in [6, 6.07) is 16.2. The van der Waals surface area contributed by atoms with Crippen LogP contribution < -0.4 is 0 Å². The van der Waals surface area contributed by atoms with Crippen LogP contribution in [0.3, 0.4) is 0 Å². The Labute approximate surface area is 167 Å². The van der Waals surface area contributed by atoms with Crippen molar-refractivity contribution in [3.8, 4) is 0 Å². The zero-order chi connectivity index (χ0) is 19.6. The maximum absolute atomic E-state index is 12.7. The number of piperazine rings is 1. The Hall–Kier alpha value is -2.55. The number of thiazole rings is 1. The molecule has 2 heterocycles. The van der Waals surface area contributed by atoms with Crippen molar-refractivity contribution in [3.05, 3.63) is 65.7 Å². The number of carbonyl (C=O) groups is 1. The highest BCUT2D eigenvalue weighted by molar-refractivity contribution is 7.89. The molecule has 1 aromatic heterocycles. The number of benzene rings is 2. The monoisotopic (exact) mass is 413 g/mol. The van der Waals surface area contributed by atoms with Crippen LogP contribution in [0.2, 0.25) is 0 Å². The van der Waals surface area contributed by atoms with Crippen LogP contribution in [0.1, 0.15) is 5.01 Å². The van der Waals surface area contributed by atoms with Gasteiger partial charge in [-0.15, -0.1) is 11.3 Å². The van der Waals surface area contributed by atoms with Crippen molar-refractivity contribution in [2.24, 2.45) is 0 Å². The van der Waals surface area contributed by atoms with Gasteiger partial charge in [-0.2, -0.15) is 4.31 Å². The number of hydrogen-bond acceptors (Lipinski definition) is 5. The Bertz CT molecular complexity index is 1080. The van der Waals surface area contributed by atoms with Crippen LogP contribution in [0.5, 0.6) is 0 Å². The van der Waals surface area contributed by atoms with Crippen LogP contribution in [0, 0.1) is 0 Å². The predicted octanol–water partition coefficient (Wildman–Crippen LogP) is 2.84. The van der Waals surface area contributed by atoms with Gasteiger partial charge in [-0.25, -0.2) is 13.4 Å². The number of aromatic nitrogens is 1. The van der Waals surface area contributed by atoms with E-state index in [1.54, 1.807) is 41.3 Å². The number of carbonyl (C=O) groups excluding carboxylic acids is 1. The van der Waals surface area contributed by atoms with E-state index in [2.05, 4.69) is 4.98 Å². The average Bonchev–Trinajstić information content (AvgIpc) is 3.16. The summed E-state index contributed by atoms with van der Waals surface area (Å²) in [6.07, 6.45) is 3.24. The molecule has 4 rings (SSSR count). The lowest BCUT2D eigenvalue weighted by molar-refractivity contribution is -0.127. The Kier molecular flexibility index (Phi) is 5.25. The molecule has 144 valence electrons. The lowest BCUT2D eigenvalue weighted by Crippen LogP contribution is -2.50. The van der Waals surface area contributed by atoms with E-state index in [-0.39, 0.29) is 23.9 Å². The van der Waals surface area contributed by atoms with E-state index in [0.29, 0.717) is 13.1 Å². The van der Waals surface area contributed by atoms with E-state index in [1.807, 2.05) is 24.3 Å². The molecule has 3 aromatic rings. The zero-order valence-corrected chi connectivity index (χ0v) is 16.7. The molecule has 0 atom stereocenters. The quantitative estimate of drug-likeness (QED) is 0.617. The largest absolute Gasteiger partial charge is 0.337 e. The van der Waals surface area contributed by atoms with Crippen LogP contribution in [-0.4, -0.2) is 54.7 Å². The molecule has 0 radical (unpaired) electrons. The molecule has 28 heavy (non-hydrogen) atoms. The highest BCUT2D eigenvalue weighted by atomic mass is 32.2. The summed E-state index contributed by atoms with van der Waals surface area (Å²) < 4.78 is 27.8. The molecule has 0 saturated carbocycles. The summed E-state index contributed by atoms with van der Waals surface area (Å²) in [7, 11) is -3.51. The number of fused-ring (bicyclic) bond motifs is 1. The van der Waals surface area contributed by atoms with Gasteiger partial charge in [-0.05, 0) is 30.3 Å². The fraction of sp³-hybridized carbons (Fsp3) is 0.200. The van der Waals surface area contributed by atoms with E-state index in [0.717, 1.165) is 15.2 Å². The van der Waals surface area contributed by atoms with E-state index in [1.165, 1.54) is 21.7 Å². The van der Waals surface area contributed by atoms with Gasteiger partial charge in [0.25, 0.3) is 0 Å². The molecule has 1 aliphatic rings. The number of para-hydroxylation sites is 1. The number of amides is 1. The second-order valence-corrected chi connectivity index (χ2v) is 9.40. The highest BCUT2D eigenvalue weighted by Gasteiger charge is 2.29. The summed E-state index contributed by atoms with van der Waals surface area (Å²) in [6.45, 7) is 1.32. The third-order valence-corrected chi connectivity index (χ3v) is 7.52. The molecule has 1 amide bonds. The van der Waals surface area contributed by atoms with E-state index in [9.17, 15) is 13.2 Å². The van der Waals surface area contributed by atoms with E-state index >= 15 is 0 Å². The predicted molar refractivity (Wildman–Crippen MR) is 110 cm³/mol. The van der Waals surface area contributed by atoms with Crippen LogP contribution in [-0.2, 0) is 14.8 Å². The van der Waals surface area contributed by atoms with Crippen molar-refractivity contribution in [3.63, 3.8) is 0 Å². The van der Waals surface area contributed by atoms with Gasteiger partial charge in [0.05, 0.1) is 15.1 Å². The Morgan fingerprint density at radius 3 is 2.36 bits per heavy atom. The number of nitrogens with zero attached hydrogens (tertiary/aromatic N) is 3. The van der Waals surface area contributed by atoms with Crippen molar-refractivity contribution >= 4 is 43.6 Å². The van der Waals surface area contributed by atoms with E-state index < -0.39 is 10.0 Å². The standard InChI is InChI=1S/C20H19N3O3S2/c24-20(11-10-19-21-17-8-4-5-9-18(17)27-19)22-12-14-23(15-13-22)28(25,26)16-6-2-1-3-7-16/h1-11H,12-15H2/b11-10+. The number of rotatable bonds is 4. The molecular weight excluding hydrogens is 394 g/mol. The minimum absolute atomic E-state index is 0.129. The topological polar surface area (TPSA) is 70.6 Å². The second-order valence-electron chi connectivity index (χ2n) is 6.40. The Balaban J connectivity index is 1.38. The number of hydrogen-bond donors (Lipinski definition) is 0. The van der Waals surface area contributed by atoms with Gasteiger partial charge in [0.2, 0.25) is 15.9 Å². The second kappa shape index (κ2) is 7.83. The maximum Gasteiger partial charge on any atom is 0.246 e. The van der Waals surface area contributed by atoms with Gasteiger partial charge >= 0.3 is 0 Å². The molecule has 1 aliphatic heterocycles. The molecule has 2 aromatic carbocycles. The molecule has 0 N–H and O–H groups in total. The van der Waals surface area contributed by atoms with Crippen LogP contribution in [0.4, 0.5) is 0 Å². The molecule has 1 fully saturated rings. The first-order valence-corrected chi connectivity index (χ1v) is 11.2. The summed E-state index contributed by atoms with van der Waals surface area (Å²) in [5, 5.41) is 0.778. The van der Waals surface area contributed by atoms with Crippen molar-refractivity contribution in [2.75, 3.05) is 26.2 Å². The summed E-state index contributed by atoms with van der Waals surface area (Å²) in [5.74, 6) is -0.129. The van der Waals surface area contributed by atoms with Crippen molar-refractivity contribution < 1.29 is 13.2 Å². The molecule has 0 spiro atoms. The first-order chi connectivity index (χ1) is 13.5. The lowest BCUT2D eigenvalue weighted by atomic mass is 10.3. The van der Waals surface area contributed by atoms with Crippen LogP contribution in [0.15, 0.2) is 65.6 Å². The molecule has 0 unspecified atom stereocenters.